The molecule has 0 aliphatic rings. The number of aryl methyl sites for hydroxylation is 2. The molecule has 1 amide bonds. The molecule has 0 saturated heterocycles. The highest BCUT2D eigenvalue weighted by atomic mass is 35.5. The first kappa shape index (κ1) is 21.9. The molecular weight excluding hydrogens is 364 g/mol. The van der Waals surface area contributed by atoms with Crippen molar-refractivity contribution in [2.24, 2.45) is 14.1 Å². The third kappa shape index (κ3) is 4.93. The van der Waals surface area contributed by atoms with Crippen molar-refractivity contribution in [3.63, 3.8) is 0 Å². The molecule has 0 radical (unpaired) electrons. The van der Waals surface area contributed by atoms with Gasteiger partial charge in [0.25, 0.3) is 5.56 Å². The molecular formula is C15H25ClN6O4. The first-order chi connectivity index (χ1) is 12.0. The third-order valence-corrected chi connectivity index (χ3v) is 3.90. The summed E-state index contributed by atoms with van der Waals surface area (Å²) >= 11 is 0. The Balaban J connectivity index is 0.00000338. The second kappa shape index (κ2) is 10.1. The highest BCUT2D eigenvalue weighted by Crippen LogP contribution is 2.06. The Labute approximate surface area is 156 Å². The molecule has 0 saturated carbocycles. The van der Waals surface area contributed by atoms with Crippen molar-refractivity contribution in [2.75, 3.05) is 33.4 Å². The van der Waals surface area contributed by atoms with Crippen molar-refractivity contribution < 1.29 is 9.53 Å². The van der Waals surface area contributed by atoms with E-state index in [-0.39, 0.29) is 24.7 Å². The van der Waals surface area contributed by atoms with E-state index in [1.165, 1.54) is 17.9 Å². The predicted octanol–water partition coefficient (Wildman–Crippen LogP) is -1.40. The molecule has 10 nitrogen and oxygen atoms in total. The fraction of sp³-hybridized carbons (Fsp3) is 0.600. The van der Waals surface area contributed by atoms with E-state index in [1.807, 2.05) is 0 Å². The number of hydrogen-bond acceptors (Lipinski definition) is 6. The molecule has 0 fully saturated rings. The summed E-state index contributed by atoms with van der Waals surface area (Å²) in [7, 11) is 4.62. The molecule has 11 heteroatoms. The van der Waals surface area contributed by atoms with Crippen LogP contribution >= 0.6 is 12.4 Å². The molecule has 0 unspecified atom stereocenters. The molecule has 0 atom stereocenters. The van der Waals surface area contributed by atoms with Gasteiger partial charge in [-0.2, -0.15) is 0 Å². The minimum Gasteiger partial charge on any atom is -0.383 e. The first-order valence-electron chi connectivity index (χ1n) is 8.04. The molecule has 0 bridgehead atoms. The van der Waals surface area contributed by atoms with E-state index in [0.717, 1.165) is 11.1 Å². The normalized spacial score (nSPS) is 10.7. The van der Waals surface area contributed by atoms with Crippen LogP contribution in [0.25, 0.3) is 11.2 Å². The van der Waals surface area contributed by atoms with Crippen LogP contribution in [0.2, 0.25) is 0 Å². The lowest BCUT2D eigenvalue weighted by Gasteiger charge is -2.08. The molecule has 0 aromatic carbocycles. The molecule has 0 aliphatic carbocycles. The SMILES string of the molecule is COCCNCCNC(=O)CCn1cnc2c1c(=O)n(C)c(=O)n2C.Cl. The minimum absolute atomic E-state index is 0. The highest BCUT2D eigenvalue weighted by molar-refractivity contribution is 5.85. The predicted molar refractivity (Wildman–Crippen MR) is 99.8 cm³/mol. The summed E-state index contributed by atoms with van der Waals surface area (Å²) in [6.07, 6.45) is 1.70. The zero-order valence-electron chi connectivity index (χ0n) is 15.2. The average molecular weight is 389 g/mol. The van der Waals surface area contributed by atoms with E-state index < -0.39 is 11.2 Å². The van der Waals surface area contributed by atoms with Crippen molar-refractivity contribution >= 4 is 29.5 Å². The monoisotopic (exact) mass is 388 g/mol. The summed E-state index contributed by atoms with van der Waals surface area (Å²) < 4.78 is 8.87. The van der Waals surface area contributed by atoms with Gasteiger partial charge in [-0.25, -0.2) is 9.78 Å². The number of nitrogens with zero attached hydrogens (tertiary/aromatic N) is 4. The van der Waals surface area contributed by atoms with Gasteiger partial charge >= 0.3 is 5.69 Å². The molecule has 146 valence electrons. The number of halogens is 1. The van der Waals surface area contributed by atoms with Gasteiger partial charge < -0.3 is 19.9 Å². The van der Waals surface area contributed by atoms with Crippen LogP contribution in [-0.4, -0.2) is 57.9 Å². The number of methoxy groups -OCH3 is 1. The van der Waals surface area contributed by atoms with Crippen LogP contribution in [0, 0.1) is 0 Å². The maximum atomic E-state index is 12.3. The summed E-state index contributed by atoms with van der Waals surface area (Å²) in [5.41, 5.74) is -0.214. The van der Waals surface area contributed by atoms with Crippen LogP contribution in [0.15, 0.2) is 15.9 Å². The Hall–Kier alpha value is -2.17. The van der Waals surface area contributed by atoms with Gasteiger partial charge in [0, 0.05) is 53.8 Å². The van der Waals surface area contributed by atoms with Crippen molar-refractivity contribution in [3.8, 4) is 0 Å². The zero-order valence-corrected chi connectivity index (χ0v) is 16.0. The summed E-state index contributed by atoms with van der Waals surface area (Å²) in [5, 5.41) is 5.93. The first-order valence-corrected chi connectivity index (χ1v) is 8.04. The minimum atomic E-state index is -0.429. The van der Waals surface area contributed by atoms with Gasteiger partial charge in [-0.05, 0) is 0 Å². The fourth-order valence-electron chi connectivity index (χ4n) is 2.47. The number of nitrogens with one attached hydrogen (secondary N) is 2. The van der Waals surface area contributed by atoms with Gasteiger partial charge in [0.1, 0.15) is 0 Å². The number of carbonyl (C=O) groups is 1. The van der Waals surface area contributed by atoms with Gasteiger partial charge in [-0.3, -0.25) is 18.7 Å². The van der Waals surface area contributed by atoms with Gasteiger partial charge in [-0.1, -0.05) is 0 Å². The Morgan fingerprint density at radius 1 is 1.19 bits per heavy atom. The van der Waals surface area contributed by atoms with E-state index in [1.54, 1.807) is 18.7 Å². The van der Waals surface area contributed by atoms with Gasteiger partial charge in [0.2, 0.25) is 5.91 Å². The lowest BCUT2D eigenvalue weighted by Crippen LogP contribution is -2.37. The second-order valence-corrected chi connectivity index (χ2v) is 5.66. The van der Waals surface area contributed by atoms with Crippen LogP contribution in [0.5, 0.6) is 0 Å². The van der Waals surface area contributed by atoms with Crippen molar-refractivity contribution in [1.29, 1.82) is 0 Å². The topological polar surface area (TPSA) is 112 Å². The largest absolute Gasteiger partial charge is 0.383 e. The number of hydrogen-bond donors (Lipinski definition) is 2. The lowest BCUT2D eigenvalue weighted by atomic mass is 10.3. The van der Waals surface area contributed by atoms with E-state index in [9.17, 15) is 14.4 Å². The second-order valence-electron chi connectivity index (χ2n) is 5.66. The molecule has 2 aromatic rings. The van der Waals surface area contributed by atoms with E-state index in [4.69, 9.17) is 4.74 Å². The fourth-order valence-corrected chi connectivity index (χ4v) is 2.47. The summed E-state index contributed by atoms with van der Waals surface area (Å²) in [5.74, 6) is -0.114. The average Bonchev–Trinajstić information content (AvgIpc) is 3.03. The van der Waals surface area contributed by atoms with Gasteiger partial charge in [0.15, 0.2) is 11.2 Å². The molecule has 0 spiro atoms. The lowest BCUT2D eigenvalue weighted by molar-refractivity contribution is -0.121. The maximum Gasteiger partial charge on any atom is 0.332 e. The molecule has 2 rings (SSSR count). The summed E-state index contributed by atoms with van der Waals surface area (Å²) in [4.78, 5) is 40.2. The maximum absolute atomic E-state index is 12.3. The van der Waals surface area contributed by atoms with Crippen molar-refractivity contribution in [3.05, 3.63) is 27.2 Å². The Kier molecular flexibility index (Phi) is 8.49. The van der Waals surface area contributed by atoms with Crippen molar-refractivity contribution in [1.82, 2.24) is 29.3 Å². The van der Waals surface area contributed by atoms with Crippen LogP contribution in [0.3, 0.4) is 0 Å². The summed E-state index contributed by atoms with van der Waals surface area (Å²) in [6, 6.07) is 0. The van der Waals surface area contributed by atoms with Crippen molar-refractivity contribution in [2.45, 2.75) is 13.0 Å². The molecule has 0 aliphatic heterocycles. The standard InChI is InChI=1S/C15H24N6O4.ClH/c1-19-13-12(14(23)20(2)15(19)24)21(10-18-13)8-4-11(22)17-6-5-16-7-9-25-3;/h10,16H,4-9H2,1-3H3,(H,17,22);1H. The van der Waals surface area contributed by atoms with Crippen LogP contribution in [0.1, 0.15) is 6.42 Å². The summed E-state index contributed by atoms with van der Waals surface area (Å²) in [6.45, 7) is 2.84. The number of ether oxygens (including phenoxy) is 1. The number of fused-ring (bicyclic) bond motifs is 1. The number of carbonyl (C=O) groups excluding carboxylic acids is 1. The smallest absolute Gasteiger partial charge is 0.332 e. The number of rotatable bonds is 9. The zero-order chi connectivity index (χ0) is 18.4. The number of imidazole rings is 1. The Morgan fingerprint density at radius 3 is 2.62 bits per heavy atom. The Bertz CT molecular complexity index is 856. The van der Waals surface area contributed by atoms with Crippen LogP contribution < -0.4 is 21.9 Å². The van der Waals surface area contributed by atoms with Crippen LogP contribution in [-0.2, 0) is 30.2 Å². The Morgan fingerprint density at radius 2 is 1.92 bits per heavy atom. The van der Waals surface area contributed by atoms with E-state index in [2.05, 4.69) is 15.6 Å². The van der Waals surface area contributed by atoms with E-state index >= 15 is 0 Å². The molecule has 2 N–H and O–H groups in total. The van der Waals surface area contributed by atoms with Gasteiger partial charge in [0.05, 0.1) is 12.9 Å². The number of amides is 1. The highest BCUT2D eigenvalue weighted by Gasteiger charge is 2.14. The molecule has 2 aromatic heterocycles. The third-order valence-electron chi connectivity index (χ3n) is 3.90. The van der Waals surface area contributed by atoms with Gasteiger partial charge in [-0.15, -0.1) is 12.4 Å². The number of aromatic nitrogens is 4. The molecule has 26 heavy (non-hydrogen) atoms. The molecule has 2 heterocycles. The van der Waals surface area contributed by atoms with Crippen LogP contribution in [0.4, 0.5) is 0 Å². The van der Waals surface area contributed by atoms with E-state index in [0.29, 0.717) is 37.4 Å². The quantitative estimate of drug-likeness (QED) is 0.511.